The number of hydrogen-bond acceptors (Lipinski definition) is 3. The average molecular weight is 325 g/mol. The van der Waals surface area contributed by atoms with Gasteiger partial charge in [-0.2, -0.15) is 0 Å². The van der Waals surface area contributed by atoms with Crippen LogP contribution in [0.25, 0.3) is 0 Å². The fourth-order valence-corrected chi connectivity index (χ4v) is 3.45. The van der Waals surface area contributed by atoms with Gasteiger partial charge in [0.1, 0.15) is 0 Å². The first-order valence-electron chi connectivity index (χ1n) is 5.88. The van der Waals surface area contributed by atoms with Crippen LogP contribution in [-0.2, 0) is 6.42 Å². The van der Waals surface area contributed by atoms with E-state index in [0.29, 0.717) is 0 Å². The standard InChI is InChI=1S/C14H17BrN2S/c1-9-7-14(18-10(9)2)13(17-16)8-11-5-3-4-6-12(11)15/h3-7,13,17H,8,16H2,1-2H3. The SMILES string of the molecule is Cc1cc(C(Cc2ccccc2Br)NN)sc1C. The summed E-state index contributed by atoms with van der Waals surface area (Å²) in [7, 11) is 0. The fraction of sp³-hybridized carbons (Fsp3) is 0.286. The van der Waals surface area contributed by atoms with Crippen LogP contribution in [0.4, 0.5) is 0 Å². The Kier molecular flexibility index (Phi) is 4.56. The van der Waals surface area contributed by atoms with Gasteiger partial charge in [0.05, 0.1) is 6.04 Å². The van der Waals surface area contributed by atoms with E-state index in [1.165, 1.54) is 20.9 Å². The zero-order chi connectivity index (χ0) is 13.1. The topological polar surface area (TPSA) is 38.0 Å². The third kappa shape index (κ3) is 3.01. The predicted molar refractivity (Wildman–Crippen MR) is 81.7 cm³/mol. The molecule has 2 rings (SSSR count). The third-order valence-electron chi connectivity index (χ3n) is 3.11. The molecule has 0 radical (unpaired) electrons. The average Bonchev–Trinajstić information content (AvgIpc) is 2.68. The molecule has 4 heteroatoms. The zero-order valence-electron chi connectivity index (χ0n) is 10.5. The lowest BCUT2D eigenvalue weighted by molar-refractivity contribution is 0.559. The van der Waals surface area contributed by atoms with Crippen LogP contribution >= 0.6 is 27.3 Å². The van der Waals surface area contributed by atoms with Gasteiger partial charge in [-0.3, -0.25) is 11.3 Å². The van der Waals surface area contributed by atoms with Crippen LogP contribution in [0.3, 0.4) is 0 Å². The van der Waals surface area contributed by atoms with Crippen molar-refractivity contribution in [1.29, 1.82) is 0 Å². The molecular weight excluding hydrogens is 308 g/mol. The van der Waals surface area contributed by atoms with Gasteiger partial charge in [-0.15, -0.1) is 11.3 Å². The Labute approximate surface area is 120 Å². The van der Waals surface area contributed by atoms with Gasteiger partial charge in [0.25, 0.3) is 0 Å². The molecule has 1 aromatic heterocycles. The highest BCUT2D eigenvalue weighted by atomic mass is 79.9. The van der Waals surface area contributed by atoms with Crippen molar-refractivity contribution in [1.82, 2.24) is 5.43 Å². The number of benzene rings is 1. The molecule has 3 N–H and O–H groups in total. The lowest BCUT2D eigenvalue weighted by Crippen LogP contribution is -2.29. The largest absolute Gasteiger partial charge is 0.271 e. The summed E-state index contributed by atoms with van der Waals surface area (Å²) in [4.78, 5) is 2.65. The van der Waals surface area contributed by atoms with Crippen LogP contribution in [0.5, 0.6) is 0 Å². The maximum Gasteiger partial charge on any atom is 0.0594 e. The normalized spacial score (nSPS) is 12.7. The number of hydrogen-bond donors (Lipinski definition) is 2. The van der Waals surface area contributed by atoms with Crippen LogP contribution in [0, 0.1) is 13.8 Å². The highest BCUT2D eigenvalue weighted by Crippen LogP contribution is 2.29. The van der Waals surface area contributed by atoms with Crippen LogP contribution < -0.4 is 11.3 Å². The summed E-state index contributed by atoms with van der Waals surface area (Å²) >= 11 is 5.40. The zero-order valence-corrected chi connectivity index (χ0v) is 12.9. The van der Waals surface area contributed by atoms with Gasteiger partial charge in [-0.25, -0.2) is 0 Å². The molecule has 1 aromatic carbocycles. The van der Waals surface area contributed by atoms with E-state index in [-0.39, 0.29) is 6.04 Å². The minimum Gasteiger partial charge on any atom is -0.271 e. The fourth-order valence-electron chi connectivity index (χ4n) is 1.90. The van der Waals surface area contributed by atoms with Crippen molar-refractivity contribution in [2.24, 2.45) is 5.84 Å². The van der Waals surface area contributed by atoms with Gasteiger partial charge in [0, 0.05) is 14.2 Å². The second-order valence-corrected chi connectivity index (χ2v) is 6.54. The molecular formula is C14H17BrN2S. The summed E-state index contributed by atoms with van der Waals surface area (Å²) in [6, 6.07) is 10.7. The lowest BCUT2D eigenvalue weighted by Gasteiger charge is -2.15. The maximum absolute atomic E-state index is 5.70. The van der Waals surface area contributed by atoms with E-state index in [1.807, 2.05) is 17.4 Å². The molecule has 96 valence electrons. The van der Waals surface area contributed by atoms with Crippen molar-refractivity contribution < 1.29 is 0 Å². The van der Waals surface area contributed by atoms with E-state index in [2.05, 4.69) is 59.5 Å². The smallest absolute Gasteiger partial charge is 0.0594 e. The van der Waals surface area contributed by atoms with Gasteiger partial charge in [0.2, 0.25) is 0 Å². The monoisotopic (exact) mass is 324 g/mol. The van der Waals surface area contributed by atoms with Crippen LogP contribution in [0.2, 0.25) is 0 Å². The van der Waals surface area contributed by atoms with Crippen LogP contribution in [-0.4, -0.2) is 0 Å². The van der Waals surface area contributed by atoms with E-state index in [9.17, 15) is 0 Å². The Morgan fingerprint density at radius 3 is 2.61 bits per heavy atom. The van der Waals surface area contributed by atoms with Crippen molar-refractivity contribution in [3.8, 4) is 0 Å². The number of nitrogens with one attached hydrogen (secondary N) is 1. The molecule has 0 bridgehead atoms. The summed E-state index contributed by atoms with van der Waals surface area (Å²) in [6.45, 7) is 4.29. The molecule has 18 heavy (non-hydrogen) atoms. The minimum atomic E-state index is 0.168. The van der Waals surface area contributed by atoms with Crippen molar-refractivity contribution in [2.75, 3.05) is 0 Å². The molecule has 0 saturated carbocycles. The third-order valence-corrected chi connectivity index (χ3v) is 5.15. The van der Waals surface area contributed by atoms with Crippen LogP contribution in [0.15, 0.2) is 34.8 Å². The Hall–Kier alpha value is -0.680. The number of thiophene rings is 1. The first kappa shape index (κ1) is 13.7. The van der Waals surface area contributed by atoms with Crippen molar-refractivity contribution in [2.45, 2.75) is 26.3 Å². The summed E-state index contributed by atoms with van der Waals surface area (Å²) in [6.07, 6.45) is 0.886. The van der Waals surface area contributed by atoms with E-state index in [4.69, 9.17) is 5.84 Å². The maximum atomic E-state index is 5.70. The molecule has 0 aliphatic heterocycles. The molecule has 0 spiro atoms. The predicted octanol–water partition coefficient (Wildman–Crippen LogP) is 3.87. The second kappa shape index (κ2) is 5.97. The van der Waals surface area contributed by atoms with Gasteiger partial charge in [-0.05, 0) is 43.5 Å². The first-order valence-corrected chi connectivity index (χ1v) is 7.49. The van der Waals surface area contributed by atoms with E-state index in [0.717, 1.165) is 10.9 Å². The molecule has 1 unspecified atom stereocenters. The summed E-state index contributed by atoms with van der Waals surface area (Å²) in [5, 5.41) is 0. The first-order chi connectivity index (χ1) is 8.61. The molecule has 0 amide bonds. The summed E-state index contributed by atoms with van der Waals surface area (Å²) < 4.78 is 1.13. The molecule has 2 aromatic rings. The number of hydrazine groups is 1. The van der Waals surface area contributed by atoms with Crippen molar-refractivity contribution >= 4 is 27.3 Å². The summed E-state index contributed by atoms with van der Waals surface area (Å²) in [5.74, 6) is 5.70. The number of nitrogens with two attached hydrogens (primary N) is 1. The molecule has 1 heterocycles. The number of aryl methyl sites for hydroxylation is 2. The van der Waals surface area contributed by atoms with Gasteiger partial charge >= 0.3 is 0 Å². The Morgan fingerprint density at radius 2 is 2.06 bits per heavy atom. The molecule has 0 fully saturated rings. The molecule has 0 aliphatic rings. The summed E-state index contributed by atoms with van der Waals surface area (Å²) in [5.41, 5.74) is 5.53. The van der Waals surface area contributed by atoms with Gasteiger partial charge in [-0.1, -0.05) is 34.1 Å². The Morgan fingerprint density at radius 1 is 1.33 bits per heavy atom. The highest BCUT2D eigenvalue weighted by Gasteiger charge is 2.15. The highest BCUT2D eigenvalue weighted by molar-refractivity contribution is 9.10. The van der Waals surface area contributed by atoms with Gasteiger partial charge < -0.3 is 0 Å². The molecule has 2 nitrogen and oxygen atoms in total. The quantitative estimate of drug-likeness (QED) is 0.661. The number of rotatable bonds is 4. The van der Waals surface area contributed by atoms with Crippen LogP contribution in [0.1, 0.15) is 26.9 Å². The Balaban J connectivity index is 2.22. The van der Waals surface area contributed by atoms with Crippen molar-refractivity contribution in [3.63, 3.8) is 0 Å². The van der Waals surface area contributed by atoms with E-state index < -0.39 is 0 Å². The number of halogens is 1. The lowest BCUT2D eigenvalue weighted by atomic mass is 10.0. The molecule has 0 saturated heterocycles. The second-order valence-electron chi connectivity index (χ2n) is 4.40. The van der Waals surface area contributed by atoms with Crippen molar-refractivity contribution in [3.05, 3.63) is 55.7 Å². The van der Waals surface area contributed by atoms with E-state index in [1.54, 1.807) is 0 Å². The van der Waals surface area contributed by atoms with Gasteiger partial charge in [0.15, 0.2) is 0 Å². The molecule has 1 atom stereocenters. The minimum absolute atomic E-state index is 0.168. The van der Waals surface area contributed by atoms with E-state index >= 15 is 0 Å². The molecule has 0 aliphatic carbocycles. The Bertz CT molecular complexity index is 517.